The van der Waals surface area contributed by atoms with E-state index in [-0.39, 0.29) is 9.92 Å². The maximum atomic E-state index is 12.7. The van der Waals surface area contributed by atoms with E-state index < -0.39 is 10.0 Å². The number of para-hydroxylation sites is 1. The average Bonchev–Trinajstić information content (AvgIpc) is 2.48. The number of nitrogens with one attached hydrogen (secondary N) is 1. The van der Waals surface area contributed by atoms with Crippen LogP contribution in [-0.2, 0) is 10.0 Å². The van der Waals surface area contributed by atoms with Crippen LogP contribution in [0.25, 0.3) is 0 Å². The smallest absolute Gasteiger partial charge is 0.265 e. The van der Waals surface area contributed by atoms with Crippen molar-refractivity contribution in [1.29, 1.82) is 0 Å². The molecule has 5 nitrogen and oxygen atoms in total. The zero-order valence-corrected chi connectivity index (χ0v) is 13.3. The highest BCUT2D eigenvalue weighted by atomic mass is 35.5. The van der Waals surface area contributed by atoms with Gasteiger partial charge in [-0.25, -0.2) is 13.4 Å². The summed E-state index contributed by atoms with van der Waals surface area (Å²) in [6.45, 7) is 2.10. The molecule has 0 saturated carbocycles. The van der Waals surface area contributed by atoms with Crippen molar-refractivity contribution in [1.82, 2.24) is 4.98 Å². The predicted molar refractivity (Wildman–Crippen MR) is 85.4 cm³/mol. The van der Waals surface area contributed by atoms with Gasteiger partial charge in [-0.2, -0.15) is 0 Å². The van der Waals surface area contributed by atoms with Crippen molar-refractivity contribution in [3.63, 3.8) is 0 Å². The molecular weight excluding hydrogens is 310 g/mol. The second kappa shape index (κ2) is 6.32. The quantitative estimate of drug-likeness (QED) is 0.918. The van der Waals surface area contributed by atoms with Gasteiger partial charge in [0.1, 0.15) is 10.7 Å². The van der Waals surface area contributed by atoms with Crippen LogP contribution in [0.4, 0.5) is 11.5 Å². The lowest BCUT2D eigenvalue weighted by Crippen LogP contribution is -2.30. The molecular formula is C14H16ClN3O2S. The topological polar surface area (TPSA) is 62.3 Å². The normalized spacial score (nSPS) is 11.2. The predicted octanol–water partition coefficient (Wildman–Crippen LogP) is 2.99. The summed E-state index contributed by atoms with van der Waals surface area (Å²) in [5.41, 5.74) is 0.605. The molecule has 1 N–H and O–H groups in total. The Hall–Kier alpha value is -1.79. The lowest BCUT2D eigenvalue weighted by Gasteiger charge is -2.22. The van der Waals surface area contributed by atoms with Crippen molar-refractivity contribution < 1.29 is 8.42 Å². The van der Waals surface area contributed by atoms with Gasteiger partial charge in [-0.15, -0.1) is 0 Å². The van der Waals surface area contributed by atoms with E-state index in [0.717, 1.165) is 0 Å². The summed E-state index contributed by atoms with van der Waals surface area (Å²) < 4.78 is 26.8. The van der Waals surface area contributed by atoms with Gasteiger partial charge in [-0.3, -0.25) is 4.31 Å². The molecule has 21 heavy (non-hydrogen) atoms. The molecule has 0 radical (unpaired) electrons. The maximum absolute atomic E-state index is 12.7. The summed E-state index contributed by atoms with van der Waals surface area (Å²) in [7, 11) is -2.02. The van der Waals surface area contributed by atoms with Crippen molar-refractivity contribution in [3.05, 3.63) is 47.6 Å². The van der Waals surface area contributed by atoms with Gasteiger partial charge in [0.05, 0.1) is 10.7 Å². The standard InChI is InChI=1S/C14H16ClN3O2S/c1-3-18(11-7-5-4-6-8-11)21(19,20)12-9-13(15)14(16-2)17-10-12/h4-10H,3H2,1-2H3,(H,16,17). The van der Waals surface area contributed by atoms with Crippen molar-refractivity contribution >= 4 is 33.1 Å². The van der Waals surface area contributed by atoms with Crippen LogP contribution in [0.5, 0.6) is 0 Å². The molecule has 0 fully saturated rings. The zero-order valence-electron chi connectivity index (χ0n) is 11.7. The summed E-state index contributed by atoms with van der Waals surface area (Å²) in [5, 5.41) is 3.06. The Morgan fingerprint density at radius 2 is 1.95 bits per heavy atom. The number of benzene rings is 1. The Balaban J connectivity index is 2.47. The minimum atomic E-state index is -3.69. The number of pyridine rings is 1. The van der Waals surface area contributed by atoms with E-state index in [2.05, 4.69) is 10.3 Å². The van der Waals surface area contributed by atoms with Gasteiger partial charge in [0.15, 0.2) is 0 Å². The SMILES string of the molecule is CCN(c1ccccc1)S(=O)(=O)c1cnc(NC)c(Cl)c1. The van der Waals surface area contributed by atoms with Crippen molar-refractivity contribution in [2.45, 2.75) is 11.8 Å². The van der Waals surface area contributed by atoms with E-state index in [1.165, 1.54) is 16.6 Å². The number of sulfonamides is 1. The first-order valence-electron chi connectivity index (χ1n) is 6.41. The molecule has 0 aliphatic heterocycles. The summed E-state index contributed by atoms with van der Waals surface area (Å²) in [4.78, 5) is 4.09. The third kappa shape index (κ3) is 3.11. The maximum Gasteiger partial charge on any atom is 0.265 e. The molecule has 1 aromatic carbocycles. The summed E-state index contributed by atoms with van der Waals surface area (Å²) >= 11 is 6.02. The van der Waals surface area contributed by atoms with Gasteiger partial charge < -0.3 is 5.32 Å². The Morgan fingerprint density at radius 1 is 1.29 bits per heavy atom. The molecule has 2 aromatic rings. The van der Waals surface area contributed by atoms with Gasteiger partial charge in [0, 0.05) is 19.8 Å². The number of hydrogen-bond acceptors (Lipinski definition) is 4. The molecule has 0 spiro atoms. The van der Waals surface area contributed by atoms with Gasteiger partial charge in [0.25, 0.3) is 10.0 Å². The third-order valence-corrected chi connectivity index (χ3v) is 5.13. The Morgan fingerprint density at radius 3 is 2.48 bits per heavy atom. The zero-order chi connectivity index (χ0) is 15.5. The highest BCUT2D eigenvalue weighted by molar-refractivity contribution is 7.92. The molecule has 0 aliphatic rings. The van der Waals surface area contributed by atoms with Crippen molar-refractivity contribution in [2.75, 3.05) is 23.2 Å². The Bertz CT molecular complexity index is 720. The van der Waals surface area contributed by atoms with Crippen LogP contribution in [0.3, 0.4) is 0 Å². The number of nitrogens with zero attached hydrogens (tertiary/aromatic N) is 2. The van der Waals surface area contributed by atoms with Crippen LogP contribution in [0.1, 0.15) is 6.92 Å². The first kappa shape index (κ1) is 15.6. The van der Waals surface area contributed by atoms with E-state index >= 15 is 0 Å². The Kier molecular flexibility index (Phi) is 4.69. The lowest BCUT2D eigenvalue weighted by molar-refractivity contribution is 0.591. The summed E-state index contributed by atoms with van der Waals surface area (Å²) in [6.07, 6.45) is 1.30. The molecule has 0 aliphatic carbocycles. The van der Waals surface area contributed by atoms with Gasteiger partial charge >= 0.3 is 0 Å². The number of hydrogen-bond donors (Lipinski definition) is 1. The highest BCUT2D eigenvalue weighted by Crippen LogP contribution is 2.27. The lowest BCUT2D eigenvalue weighted by atomic mass is 10.3. The molecule has 0 bridgehead atoms. The van der Waals surface area contributed by atoms with Crippen LogP contribution in [-0.4, -0.2) is 27.0 Å². The molecule has 112 valence electrons. The van der Waals surface area contributed by atoms with Crippen LogP contribution >= 0.6 is 11.6 Å². The second-order valence-corrected chi connectivity index (χ2v) is 6.53. The van der Waals surface area contributed by atoms with Crippen LogP contribution in [0, 0.1) is 0 Å². The molecule has 0 unspecified atom stereocenters. The minimum Gasteiger partial charge on any atom is -0.372 e. The molecule has 1 aromatic heterocycles. The molecule has 7 heteroatoms. The molecule has 0 atom stereocenters. The summed E-state index contributed by atoms with van der Waals surface area (Å²) in [5.74, 6) is 0.443. The number of anilines is 2. The first-order chi connectivity index (χ1) is 10.0. The van der Waals surface area contributed by atoms with E-state index in [9.17, 15) is 8.42 Å². The molecule has 1 heterocycles. The molecule has 0 saturated heterocycles. The van der Waals surface area contributed by atoms with Crippen LogP contribution in [0.2, 0.25) is 5.02 Å². The summed E-state index contributed by atoms with van der Waals surface area (Å²) in [6, 6.07) is 10.3. The van der Waals surface area contributed by atoms with Crippen LogP contribution < -0.4 is 9.62 Å². The third-order valence-electron chi connectivity index (χ3n) is 2.97. The fourth-order valence-electron chi connectivity index (χ4n) is 1.96. The molecule has 0 amide bonds. The van der Waals surface area contributed by atoms with Gasteiger partial charge in [0.2, 0.25) is 0 Å². The van der Waals surface area contributed by atoms with E-state index in [4.69, 9.17) is 11.6 Å². The van der Waals surface area contributed by atoms with Gasteiger partial charge in [-0.1, -0.05) is 29.8 Å². The van der Waals surface area contributed by atoms with Gasteiger partial charge in [-0.05, 0) is 25.1 Å². The van der Waals surface area contributed by atoms with E-state index in [1.807, 2.05) is 6.07 Å². The van der Waals surface area contributed by atoms with Crippen LogP contribution in [0.15, 0.2) is 47.5 Å². The second-order valence-electron chi connectivity index (χ2n) is 4.26. The fourth-order valence-corrected chi connectivity index (χ4v) is 3.73. The fraction of sp³-hybridized carbons (Fsp3) is 0.214. The number of aromatic nitrogens is 1. The van der Waals surface area contributed by atoms with Crippen molar-refractivity contribution in [3.8, 4) is 0 Å². The van der Waals surface area contributed by atoms with E-state index in [0.29, 0.717) is 18.1 Å². The van der Waals surface area contributed by atoms with Crippen molar-refractivity contribution in [2.24, 2.45) is 0 Å². The minimum absolute atomic E-state index is 0.0669. The first-order valence-corrected chi connectivity index (χ1v) is 8.23. The number of rotatable bonds is 5. The highest BCUT2D eigenvalue weighted by Gasteiger charge is 2.24. The number of halogens is 1. The monoisotopic (exact) mass is 325 g/mol. The molecule has 2 rings (SSSR count). The Labute approximate surface area is 129 Å². The average molecular weight is 326 g/mol. The van der Waals surface area contributed by atoms with E-state index in [1.54, 1.807) is 38.2 Å². The largest absolute Gasteiger partial charge is 0.372 e.